The molecule has 2 atom stereocenters. The second-order valence-electron chi connectivity index (χ2n) is 8.93. The summed E-state index contributed by atoms with van der Waals surface area (Å²) in [4.78, 5) is 50.4. The van der Waals surface area contributed by atoms with E-state index >= 15 is 0 Å². The van der Waals surface area contributed by atoms with Crippen LogP contribution in [-0.2, 0) is 19.2 Å². The van der Waals surface area contributed by atoms with E-state index in [1.54, 1.807) is 39.6 Å². The maximum Gasteiger partial charge on any atom is 0.243 e. The van der Waals surface area contributed by atoms with Gasteiger partial charge in [0.1, 0.15) is 11.8 Å². The number of hydrogen-bond acceptors (Lipinski definition) is 6. The molecule has 0 saturated carbocycles. The van der Waals surface area contributed by atoms with Crippen LogP contribution < -0.4 is 16.4 Å². The predicted molar refractivity (Wildman–Crippen MR) is 124 cm³/mol. The van der Waals surface area contributed by atoms with E-state index in [4.69, 9.17) is 5.73 Å². The fourth-order valence-corrected chi connectivity index (χ4v) is 4.28. The SMILES string of the molecule is C=C1NC(=O)CC1SCCCCCC(=O)N(C)[C@@H](CC(=O)C(C)(C)C)C(=O)NCCN. The fraction of sp³-hybridized carbons (Fsp3) is 0.727. The van der Waals surface area contributed by atoms with Crippen molar-refractivity contribution in [1.82, 2.24) is 15.5 Å². The Morgan fingerprint density at radius 3 is 2.52 bits per heavy atom. The second kappa shape index (κ2) is 12.9. The average Bonchev–Trinajstić information content (AvgIpc) is 3.02. The number of carbonyl (C=O) groups is 4. The third-order valence-corrected chi connectivity index (χ3v) is 6.61. The van der Waals surface area contributed by atoms with Crippen molar-refractivity contribution in [1.29, 1.82) is 0 Å². The van der Waals surface area contributed by atoms with Crippen LogP contribution in [0.2, 0.25) is 0 Å². The third kappa shape index (κ3) is 9.43. The molecule has 1 fully saturated rings. The minimum atomic E-state index is -0.834. The van der Waals surface area contributed by atoms with E-state index in [1.165, 1.54) is 4.90 Å². The summed E-state index contributed by atoms with van der Waals surface area (Å²) in [6, 6.07) is -0.834. The summed E-state index contributed by atoms with van der Waals surface area (Å²) in [5.41, 5.74) is 5.64. The van der Waals surface area contributed by atoms with Crippen LogP contribution in [0.5, 0.6) is 0 Å². The number of hydrogen-bond donors (Lipinski definition) is 3. The highest BCUT2D eigenvalue weighted by Gasteiger charge is 2.32. The molecule has 1 heterocycles. The van der Waals surface area contributed by atoms with Crippen molar-refractivity contribution in [2.24, 2.45) is 11.1 Å². The van der Waals surface area contributed by atoms with E-state index in [2.05, 4.69) is 17.2 Å². The van der Waals surface area contributed by atoms with Crippen LogP contribution in [0, 0.1) is 5.41 Å². The average molecular weight is 455 g/mol. The minimum absolute atomic E-state index is 0.0170. The molecule has 1 unspecified atom stereocenters. The molecule has 176 valence electrons. The van der Waals surface area contributed by atoms with E-state index in [0.29, 0.717) is 32.4 Å². The van der Waals surface area contributed by atoms with Crippen molar-refractivity contribution in [3.8, 4) is 0 Å². The number of amides is 3. The first-order chi connectivity index (χ1) is 14.5. The normalized spacial score (nSPS) is 17.3. The van der Waals surface area contributed by atoms with Gasteiger partial charge in [0.15, 0.2) is 0 Å². The van der Waals surface area contributed by atoms with Crippen molar-refractivity contribution in [2.75, 3.05) is 25.9 Å². The Labute approximate surface area is 190 Å². The maximum atomic E-state index is 12.7. The van der Waals surface area contributed by atoms with Crippen LogP contribution in [0.3, 0.4) is 0 Å². The molecule has 1 rings (SSSR count). The van der Waals surface area contributed by atoms with E-state index in [-0.39, 0.29) is 35.2 Å². The lowest BCUT2D eigenvalue weighted by Gasteiger charge is -2.29. The Bertz CT molecular complexity index is 675. The van der Waals surface area contributed by atoms with Gasteiger partial charge in [0, 0.05) is 50.5 Å². The standard InChI is InChI=1S/C22H38N4O4S/c1-15-17(14-19(28)25-15)31-12-8-6-7-9-20(29)26(5)16(21(30)24-11-10-23)13-18(27)22(2,3)4/h16-17H,1,6-14,23H2,2-5H3,(H,24,30)(H,25,28)/t16-,17?/m0/s1. The lowest BCUT2D eigenvalue weighted by Crippen LogP contribution is -2.50. The van der Waals surface area contributed by atoms with Crippen molar-refractivity contribution in [2.45, 2.75) is 70.6 Å². The Hall–Kier alpha value is -1.87. The summed E-state index contributed by atoms with van der Waals surface area (Å²) in [5, 5.41) is 5.56. The van der Waals surface area contributed by atoms with Gasteiger partial charge in [-0.2, -0.15) is 11.8 Å². The number of Topliss-reactive ketones (excluding diaryl/α,β-unsaturated/α-hetero) is 1. The molecule has 0 aromatic carbocycles. The molecule has 0 spiro atoms. The number of rotatable bonds is 13. The van der Waals surface area contributed by atoms with Gasteiger partial charge in [0.05, 0.1) is 5.25 Å². The summed E-state index contributed by atoms with van der Waals surface area (Å²) < 4.78 is 0. The van der Waals surface area contributed by atoms with E-state index in [0.717, 1.165) is 24.3 Å². The van der Waals surface area contributed by atoms with Crippen molar-refractivity contribution in [3.63, 3.8) is 0 Å². The smallest absolute Gasteiger partial charge is 0.243 e. The minimum Gasteiger partial charge on any atom is -0.353 e. The number of carbonyl (C=O) groups excluding carboxylic acids is 4. The molecule has 9 heteroatoms. The zero-order valence-electron chi connectivity index (χ0n) is 19.3. The summed E-state index contributed by atoms with van der Waals surface area (Å²) in [6.45, 7) is 9.86. The molecule has 0 aliphatic carbocycles. The monoisotopic (exact) mass is 454 g/mol. The first-order valence-corrected chi connectivity index (χ1v) is 11.9. The molecule has 3 amide bonds. The Morgan fingerprint density at radius 2 is 1.97 bits per heavy atom. The predicted octanol–water partition coefficient (Wildman–Crippen LogP) is 1.59. The first-order valence-electron chi connectivity index (χ1n) is 10.8. The summed E-state index contributed by atoms with van der Waals surface area (Å²) in [7, 11) is 1.58. The molecule has 4 N–H and O–H groups in total. The van der Waals surface area contributed by atoms with Gasteiger partial charge >= 0.3 is 0 Å². The van der Waals surface area contributed by atoms with Gasteiger partial charge in [0.2, 0.25) is 17.7 Å². The second-order valence-corrected chi connectivity index (χ2v) is 10.2. The van der Waals surface area contributed by atoms with Gasteiger partial charge in [-0.25, -0.2) is 0 Å². The van der Waals surface area contributed by atoms with Crippen LogP contribution in [0.25, 0.3) is 0 Å². The molecule has 0 radical (unpaired) electrons. The Kier molecular flexibility index (Phi) is 11.3. The van der Waals surface area contributed by atoms with Gasteiger partial charge in [-0.3, -0.25) is 19.2 Å². The van der Waals surface area contributed by atoms with Crippen LogP contribution in [0.1, 0.15) is 59.3 Å². The molecular weight excluding hydrogens is 416 g/mol. The van der Waals surface area contributed by atoms with Crippen LogP contribution in [0.4, 0.5) is 0 Å². The topological polar surface area (TPSA) is 122 Å². The molecular formula is C22H38N4O4S. The largest absolute Gasteiger partial charge is 0.353 e. The molecule has 0 bridgehead atoms. The molecule has 1 saturated heterocycles. The molecule has 31 heavy (non-hydrogen) atoms. The van der Waals surface area contributed by atoms with Crippen LogP contribution in [0.15, 0.2) is 12.3 Å². The molecule has 0 aromatic heterocycles. The van der Waals surface area contributed by atoms with E-state index in [9.17, 15) is 19.2 Å². The van der Waals surface area contributed by atoms with Crippen molar-refractivity contribution >= 4 is 35.3 Å². The van der Waals surface area contributed by atoms with Crippen LogP contribution in [-0.4, -0.2) is 65.6 Å². The summed E-state index contributed by atoms with van der Waals surface area (Å²) in [6.07, 6.45) is 3.30. The Balaban J connectivity index is 2.47. The summed E-state index contributed by atoms with van der Waals surface area (Å²) in [5.74, 6) is 0.341. The lowest BCUT2D eigenvalue weighted by molar-refractivity contribution is -0.141. The van der Waals surface area contributed by atoms with E-state index < -0.39 is 11.5 Å². The number of nitrogens with one attached hydrogen (secondary N) is 2. The molecule has 8 nitrogen and oxygen atoms in total. The highest BCUT2D eigenvalue weighted by molar-refractivity contribution is 8.00. The van der Waals surface area contributed by atoms with E-state index in [1.807, 2.05) is 0 Å². The number of unbranched alkanes of at least 4 members (excludes halogenated alkanes) is 2. The van der Waals surface area contributed by atoms with Crippen molar-refractivity contribution < 1.29 is 19.2 Å². The van der Waals surface area contributed by atoms with Crippen LogP contribution >= 0.6 is 11.8 Å². The van der Waals surface area contributed by atoms with Gasteiger partial charge in [-0.1, -0.05) is 33.8 Å². The lowest BCUT2D eigenvalue weighted by atomic mass is 9.86. The number of thioether (sulfide) groups is 1. The highest BCUT2D eigenvalue weighted by Crippen LogP contribution is 2.26. The van der Waals surface area contributed by atoms with Crippen molar-refractivity contribution in [3.05, 3.63) is 12.3 Å². The number of likely N-dealkylation sites (N-methyl/N-ethyl adjacent to an activating group) is 1. The zero-order valence-corrected chi connectivity index (χ0v) is 20.1. The molecule has 1 aliphatic heterocycles. The third-order valence-electron chi connectivity index (χ3n) is 5.24. The molecule has 1 aliphatic rings. The summed E-state index contributed by atoms with van der Waals surface area (Å²) >= 11 is 1.71. The maximum absolute atomic E-state index is 12.7. The number of nitrogens with zero attached hydrogens (tertiary/aromatic N) is 1. The van der Waals surface area contributed by atoms with Gasteiger partial charge < -0.3 is 21.3 Å². The quantitative estimate of drug-likeness (QED) is 0.363. The number of nitrogens with two attached hydrogens (primary N) is 1. The fourth-order valence-electron chi connectivity index (χ4n) is 3.09. The zero-order chi connectivity index (χ0) is 23.6. The molecule has 0 aromatic rings. The number of ketones is 1. The Morgan fingerprint density at radius 1 is 1.29 bits per heavy atom. The van der Waals surface area contributed by atoms with Gasteiger partial charge in [0.25, 0.3) is 0 Å². The van der Waals surface area contributed by atoms with Gasteiger partial charge in [-0.15, -0.1) is 0 Å². The first kappa shape index (κ1) is 27.2. The highest BCUT2D eigenvalue weighted by atomic mass is 32.2. The van der Waals surface area contributed by atoms with Gasteiger partial charge in [-0.05, 0) is 18.6 Å².